The number of hydrogen-bond acceptors (Lipinski definition) is 5. The van der Waals surface area contributed by atoms with Crippen molar-refractivity contribution in [3.05, 3.63) is 48.5 Å². The minimum absolute atomic E-state index is 0.0529. The van der Waals surface area contributed by atoms with Crippen LogP contribution in [-0.2, 0) is 11.2 Å². The van der Waals surface area contributed by atoms with Gasteiger partial charge in [-0.25, -0.2) is 15.0 Å². The zero-order chi connectivity index (χ0) is 21.9. The Morgan fingerprint density at radius 1 is 1.12 bits per heavy atom. The van der Waals surface area contributed by atoms with Gasteiger partial charge >= 0.3 is 0 Å². The first-order valence-corrected chi connectivity index (χ1v) is 11.8. The average molecular weight is 431 g/mol. The van der Waals surface area contributed by atoms with Gasteiger partial charge in [-0.05, 0) is 31.2 Å². The number of rotatable bonds is 3. The Morgan fingerprint density at radius 2 is 1.91 bits per heavy atom. The molecule has 0 radical (unpaired) electrons. The molecule has 3 fully saturated rings. The van der Waals surface area contributed by atoms with Crippen molar-refractivity contribution in [2.45, 2.75) is 76.5 Å². The van der Waals surface area contributed by atoms with Gasteiger partial charge in [-0.15, -0.1) is 0 Å². The van der Waals surface area contributed by atoms with E-state index in [9.17, 15) is 4.79 Å². The molecule has 2 saturated heterocycles. The van der Waals surface area contributed by atoms with E-state index in [0.29, 0.717) is 11.7 Å². The molecule has 0 spiro atoms. The normalized spacial score (nSPS) is 31.7. The highest BCUT2D eigenvalue weighted by molar-refractivity contribution is 5.84. The molecule has 1 N–H and O–H groups in total. The van der Waals surface area contributed by atoms with Crippen molar-refractivity contribution >= 4 is 22.9 Å². The van der Waals surface area contributed by atoms with Gasteiger partial charge in [0.25, 0.3) is 0 Å². The number of carbonyl (C=O) groups excluding carboxylic acids is 1. The van der Waals surface area contributed by atoms with Crippen molar-refractivity contribution in [1.82, 2.24) is 24.8 Å². The van der Waals surface area contributed by atoms with Crippen LogP contribution in [0.15, 0.2) is 43.0 Å². The highest BCUT2D eigenvalue weighted by Crippen LogP contribution is 2.56. The molecule has 7 heteroatoms. The fourth-order valence-corrected chi connectivity index (χ4v) is 7.06. The fourth-order valence-electron chi connectivity index (χ4n) is 7.06. The molecule has 4 heterocycles. The van der Waals surface area contributed by atoms with Crippen molar-refractivity contribution in [3.63, 3.8) is 0 Å². The second-order valence-electron chi connectivity index (χ2n) is 9.98. The van der Waals surface area contributed by atoms with Gasteiger partial charge < -0.3 is 14.8 Å². The molecular formula is C25H30N6O. The number of piperidine rings is 1. The number of anilines is 1. The summed E-state index contributed by atoms with van der Waals surface area (Å²) in [5.41, 5.74) is 2.94. The predicted octanol–water partition coefficient (Wildman–Crippen LogP) is 3.72. The minimum Gasteiger partial charge on any atom is -0.346 e. The highest BCUT2D eigenvalue weighted by atomic mass is 16.2. The topological polar surface area (TPSA) is 78.0 Å². The number of carbonyl (C=O) groups is 1. The van der Waals surface area contributed by atoms with Crippen LogP contribution in [0.2, 0.25) is 0 Å². The van der Waals surface area contributed by atoms with E-state index < -0.39 is 0 Å². The summed E-state index contributed by atoms with van der Waals surface area (Å²) >= 11 is 0. The molecular weight excluding hydrogens is 400 g/mol. The molecule has 2 bridgehead atoms. The molecule has 1 aromatic carbocycles. The lowest BCUT2D eigenvalue weighted by Crippen LogP contribution is -2.61. The first-order chi connectivity index (χ1) is 15.6. The maximum absolute atomic E-state index is 13.2. The molecule has 1 amide bonds. The standard InChI is InChI=1S/C25H30N6O/c1-16(32)30-18(12-17-8-4-3-5-9-17)19-13-25(2)20(30)10-6-7-11-21(25)31(19)24-22-23(27-14-26-22)28-15-29-24/h3-5,8-9,14-15,18-21H,6-7,10-13H2,1-2H3,(H,26,27,28,29)/t18-,19-,20+,21?,25+/m0/s1. The molecule has 7 nitrogen and oxygen atoms in total. The van der Waals surface area contributed by atoms with E-state index in [1.807, 2.05) is 0 Å². The zero-order valence-electron chi connectivity index (χ0n) is 18.7. The zero-order valence-corrected chi connectivity index (χ0v) is 18.7. The van der Waals surface area contributed by atoms with Crippen LogP contribution in [0.4, 0.5) is 5.82 Å². The maximum atomic E-state index is 13.2. The van der Waals surface area contributed by atoms with Crippen molar-refractivity contribution in [1.29, 1.82) is 0 Å². The third-order valence-corrected chi connectivity index (χ3v) is 8.31. The largest absolute Gasteiger partial charge is 0.346 e. The smallest absolute Gasteiger partial charge is 0.220 e. The van der Waals surface area contributed by atoms with Crippen LogP contribution in [0, 0.1) is 5.41 Å². The molecule has 1 unspecified atom stereocenters. The molecule has 6 rings (SSSR count). The molecule has 5 atom stereocenters. The molecule has 32 heavy (non-hydrogen) atoms. The second kappa shape index (κ2) is 7.29. The van der Waals surface area contributed by atoms with E-state index >= 15 is 0 Å². The molecule has 1 aliphatic carbocycles. The quantitative estimate of drug-likeness (QED) is 0.685. The summed E-state index contributed by atoms with van der Waals surface area (Å²) in [6.07, 6.45) is 9.85. The van der Waals surface area contributed by atoms with Crippen molar-refractivity contribution in [2.24, 2.45) is 5.41 Å². The Labute approximate surface area is 188 Å². The number of hydrogen-bond donors (Lipinski definition) is 1. The number of aromatic nitrogens is 4. The Hall–Kier alpha value is -2.96. The third kappa shape index (κ3) is 2.79. The number of amides is 1. The number of nitrogens with zero attached hydrogens (tertiary/aromatic N) is 5. The van der Waals surface area contributed by atoms with Crippen molar-refractivity contribution in [2.75, 3.05) is 4.90 Å². The fraction of sp³-hybridized carbons (Fsp3) is 0.520. The third-order valence-electron chi connectivity index (χ3n) is 8.31. The van der Waals surface area contributed by atoms with Gasteiger partial charge in [0.05, 0.1) is 18.4 Å². The lowest BCUT2D eigenvalue weighted by atomic mass is 9.69. The van der Waals surface area contributed by atoms with Gasteiger partial charge in [0.1, 0.15) is 11.8 Å². The lowest BCUT2D eigenvalue weighted by molar-refractivity contribution is -0.140. The van der Waals surface area contributed by atoms with E-state index in [4.69, 9.17) is 4.98 Å². The minimum atomic E-state index is 0.0529. The van der Waals surface area contributed by atoms with Crippen LogP contribution >= 0.6 is 0 Å². The summed E-state index contributed by atoms with van der Waals surface area (Å²) in [6, 6.07) is 11.5. The number of imidazole rings is 1. The molecule has 2 aliphatic heterocycles. The van der Waals surface area contributed by atoms with Gasteiger partial charge in [-0.2, -0.15) is 0 Å². The van der Waals surface area contributed by atoms with Crippen LogP contribution in [0.25, 0.3) is 11.2 Å². The van der Waals surface area contributed by atoms with Crippen LogP contribution in [0.1, 0.15) is 51.5 Å². The number of nitrogens with one attached hydrogen (secondary N) is 1. The number of H-pyrrole nitrogens is 1. The Balaban J connectivity index is 1.53. The Morgan fingerprint density at radius 3 is 2.69 bits per heavy atom. The van der Waals surface area contributed by atoms with Crippen molar-refractivity contribution < 1.29 is 4.79 Å². The molecule has 166 valence electrons. The second-order valence-corrected chi connectivity index (χ2v) is 9.98. The summed E-state index contributed by atoms with van der Waals surface area (Å²) < 4.78 is 0. The predicted molar refractivity (Wildman–Crippen MR) is 123 cm³/mol. The number of benzene rings is 1. The van der Waals surface area contributed by atoms with E-state index in [0.717, 1.165) is 37.0 Å². The Kier molecular flexibility index (Phi) is 4.49. The Bertz CT molecular complexity index is 1150. The molecule has 3 aliphatic rings. The van der Waals surface area contributed by atoms with Gasteiger partial charge in [-0.1, -0.05) is 50.1 Å². The van der Waals surface area contributed by atoms with Crippen LogP contribution in [0.3, 0.4) is 0 Å². The van der Waals surface area contributed by atoms with Gasteiger partial charge in [-0.3, -0.25) is 4.79 Å². The lowest BCUT2D eigenvalue weighted by Gasteiger charge is -2.50. The van der Waals surface area contributed by atoms with E-state index in [1.54, 1.807) is 19.6 Å². The van der Waals surface area contributed by atoms with Crippen molar-refractivity contribution in [3.8, 4) is 0 Å². The number of likely N-dealkylation sites (tertiary alicyclic amines) is 1. The van der Waals surface area contributed by atoms with Crippen LogP contribution in [-0.4, -0.2) is 54.9 Å². The maximum Gasteiger partial charge on any atom is 0.220 e. The first kappa shape index (κ1) is 19.7. The summed E-state index contributed by atoms with van der Waals surface area (Å²) in [6.45, 7) is 4.18. The number of aromatic amines is 1. The molecule has 1 saturated carbocycles. The first-order valence-electron chi connectivity index (χ1n) is 11.8. The van der Waals surface area contributed by atoms with Gasteiger partial charge in [0.15, 0.2) is 11.5 Å². The van der Waals surface area contributed by atoms with Gasteiger partial charge in [0, 0.05) is 24.4 Å². The summed E-state index contributed by atoms with van der Waals surface area (Å²) in [5, 5.41) is 0. The van der Waals surface area contributed by atoms with Gasteiger partial charge in [0.2, 0.25) is 5.91 Å². The SMILES string of the molecule is CC(=O)N1[C@@H](Cc2ccccc2)[C@@H]2C[C@@]3(C)C(CCCC[C@@H]13)N2c1ncnc2nc[nH]c12. The molecule has 2 aromatic heterocycles. The molecule has 3 aromatic rings. The summed E-state index contributed by atoms with van der Waals surface area (Å²) in [7, 11) is 0. The van der Waals surface area contributed by atoms with Crippen LogP contribution < -0.4 is 4.90 Å². The number of fused-ring (bicyclic) bond motifs is 2. The highest BCUT2D eigenvalue weighted by Gasteiger charge is 2.63. The van der Waals surface area contributed by atoms with E-state index in [2.05, 4.69) is 62.0 Å². The van der Waals surface area contributed by atoms with Crippen LogP contribution in [0.5, 0.6) is 0 Å². The average Bonchev–Trinajstić information content (AvgIpc) is 3.32. The monoisotopic (exact) mass is 430 g/mol. The van der Waals surface area contributed by atoms with E-state index in [1.165, 1.54) is 18.4 Å². The summed E-state index contributed by atoms with van der Waals surface area (Å²) in [4.78, 5) is 34.8. The summed E-state index contributed by atoms with van der Waals surface area (Å²) in [5.74, 6) is 1.14. The van der Waals surface area contributed by atoms with E-state index in [-0.39, 0.29) is 29.4 Å².